The molecule has 0 aromatic heterocycles. The molecule has 1 atom stereocenters. The molecule has 1 aliphatic heterocycles. The fraction of sp³-hybridized carbons (Fsp3) is 0.562. The van der Waals surface area contributed by atoms with Gasteiger partial charge in [0, 0.05) is 18.1 Å². The zero-order valence-electron chi connectivity index (χ0n) is 13.5. The summed E-state index contributed by atoms with van der Waals surface area (Å²) >= 11 is 3.30. The SMILES string of the molecule is CCOc1cc(C2SCC(=O)N2CCSCCO)ccc1OC. The Morgan fingerprint density at radius 3 is 2.91 bits per heavy atom. The summed E-state index contributed by atoms with van der Waals surface area (Å²) in [6.45, 7) is 3.37. The third-order valence-corrected chi connectivity index (χ3v) is 5.65. The Morgan fingerprint density at radius 1 is 1.39 bits per heavy atom. The number of ether oxygens (including phenoxy) is 2. The number of methoxy groups -OCH3 is 1. The molecule has 1 aliphatic rings. The van der Waals surface area contributed by atoms with Gasteiger partial charge in [0.15, 0.2) is 11.5 Å². The van der Waals surface area contributed by atoms with E-state index in [0.29, 0.717) is 36.2 Å². The highest BCUT2D eigenvalue weighted by molar-refractivity contribution is 8.00. The molecular weight excluding hydrogens is 334 g/mol. The molecule has 1 saturated heterocycles. The van der Waals surface area contributed by atoms with Gasteiger partial charge in [0.1, 0.15) is 5.37 Å². The van der Waals surface area contributed by atoms with Gasteiger partial charge >= 0.3 is 0 Å². The summed E-state index contributed by atoms with van der Waals surface area (Å²) in [5.41, 5.74) is 1.05. The summed E-state index contributed by atoms with van der Waals surface area (Å²) in [6.07, 6.45) is 0. The number of nitrogens with zero attached hydrogens (tertiary/aromatic N) is 1. The smallest absolute Gasteiger partial charge is 0.233 e. The predicted molar refractivity (Wildman–Crippen MR) is 95.5 cm³/mol. The maximum absolute atomic E-state index is 12.1. The molecule has 23 heavy (non-hydrogen) atoms. The van der Waals surface area contributed by atoms with Gasteiger partial charge in [-0.15, -0.1) is 11.8 Å². The van der Waals surface area contributed by atoms with Crippen LogP contribution < -0.4 is 9.47 Å². The molecule has 7 heteroatoms. The van der Waals surface area contributed by atoms with Crippen molar-refractivity contribution in [1.82, 2.24) is 4.90 Å². The molecule has 2 rings (SSSR count). The quantitative estimate of drug-likeness (QED) is 0.685. The van der Waals surface area contributed by atoms with Crippen LogP contribution in [0, 0.1) is 0 Å². The van der Waals surface area contributed by atoms with Crippen LogP contribution in [0.2, 0.25) is 0 Å². The molecule has 1 aromatic rings. The molecule has 1 unspecified atom stereocenters. The van der Waals surface area contributed by atoms with Gasteiger partial charge in [-0.05, 0) is 24.6 Å². The standard InChI is InChI=1S/C16H23NO4S2/c1-3-21-14-10-12(4-5-13(14)20-2)16-17(15(19)11-23-16)6-8-22-9-7-18/h4-5,10,16,18H,3,6-9,11H2,1-2H3. The first-order chi connectivity index (χ1) is 11.2. The second kappa shape index (κ2) is 9.30. The summed E-state index contributed by atoms with van der Waals surface area (Å²) in [5, 5.41) is 8.86. The molecule has 0 aliphatic carbocycles. The van der Waals surface area contributed by atoms with Crippen molar-refractivity contribution in [3.63, 3.8) is 0 Å². The minimum atomic E-state index is 0.0161. The number of hydrogen-bond donors (Lipinski definition) is 1. The van der Waals surface area contributed by atoms with E-state index in [1.807, 2.05) is 30.0 Å². The van der Waals surface area contributed by atoms with Crippen molar-refractivity contribution in [3.8, 4) is 11.5 Å². The van der Waals surface area contributed by atoms with Crippen molar-refractivity contribution in [2.75, 3.05) is 44.1 Å². The lowest BCUT2D eigenvalue weighted by molar-refractivity contribution is -0.127. The Hall–Kier alpha value is -1.05. The van der Waals surface area contributed by atoms with Gasteiger partial charge in [-0.2, -0.15) is 11.8 Å². The summed E-state index contributed by atoms with van der Waals surface area (Å²) in [4.78, 5) is 14.1. The zero-order chi connectivity index (χ0) is 16.7. The van der Waals surface area contributed by atoms with Crippen molar-refractivity contribution in [2.24, 2.45) is 0 Å². The summed E-state index contributed by atoms with van der Waals surface area (Å²) in [7, 11) is 1.62. The van der Waals surface area contributed by atoms with E-state index in [-0.39, 0.29) is 17.9 Å². The molecule has 1 aromatic carbocycles. The van der Waals surface area contributed by atoms with Crippen LogP contribution in [0.15, 0.2) is 18.2 Å². The lowest BCUT2D eigenvalue weighted by Crippen LogP contribution is -2.30. The maximum Gasteiger partial charge on any atom is 0.233 e. The largest absolute Gasteiger partial charge is 0.493 e. The molecule has 0 spiro atoms. The average molecular weight is 357 g/mol. The molecule has 1 heterocycles. The number of carbonyl (C=O) groups excluding carboxylic acids is 1. The summed E-state index contributed by atoms with van der Waals surface area (Å²) in [5.74, 6) is 3.62. The lowest BCUT2D eigenvalue weighted by atomic mass is 10.2. The Morgan fingerprint density at radius 2 is 2.22 bits per heavy atom. The third kappa shape index (κ3) is 4.71. The monoisotopic (exact) mass is 357 g/mol. The van der Waals surface area contributed by atoms with Gasteiger partial charge in [0.2, 0.25) is 5.91 Å². The molecule has 5 nitrogen and oxygen atoms in total. The van der Waals surface area contributed by atoms with Gasteiger partial charge in [0.05, 0.1) is 26.1 Å². The molecule has 0 radical (unpaired) electrons. The molecule has 128 valence electrons. The van der Waals surface area contributed by atoms with E-state index < -0.39 is 0 Å². The molecule has 0 bridgehead atoms. The molecule has 1 N–H and O–H groups in total. The minimum absolute atomic E-state index is 0.0161. The van der Waals surface area contributed by atoms with E-state index in [1.54, 1.807) is 30.6 Å². The van der Waals surface area contributed by atoms with E-state index in [2.05, 4.69) is 0 Å². The summed E-state index contributed by atoms with van der Waals surface area (Å²) < 4.78 is 10.9. The van der Waals surface area contributed by atoms with Crippen LogP contribution in [0.4, 0.5) is 0 Å². The second-order valence-electron chi connectivity index (χ2n) is 4.93. The first kappa shape index (κ1) is 18.3. The van der Waals surface area contributed by atoms with Gasteiger partial charge in [-0.1, -0.05) is 6.07 Å². The highest BCUT2D eigenvalue weighted by Gasteiger charge is 2.32. The van der Waals surface area contributed by atoms with Gasteiger partial charge < -0.3 is 19.5 Å². The zero-order valence-corrected chi connectivity index (χ0v) is 15.1. The van der Waals surface area contributed by atoms with Crippen molar-refractivity contribution in [2.45, 2.75) is 12.3 Å². The predicted octanol–water partition coefficient (Wildman–Crippen LogP) is 2.39. The Kier molecular flexibility index (Phi) is 7.39. The van der Waals surface area contributed by atoms with Crippen LogP contribution in [0.1, 0.15) is 17.9 Å². The van der Waals surface area contributed by atoms with E-state index in [1.165, 1.54) is 0 Å². The Bertz CT molecular complexity index is 527. The number of aliphatic hydroxyl groups excluding tert-OH is 1. The number of carbonyl (C=O) groups is 1. The number of amides is 1. The third-order valence-electron chi connectivity index (χ3n) is 3.45. The van der Waals surface area contributed by atoms with E-state index in [9.17, 15) is 4.79 Å². The number of thioether (sulfide) groups is 2. The maximum atomic E-state index is 12.1. The van der Waals surface area contributed by atoms with E-state index >= 15 is 0 Å². The van der Waals surface area contributed by atoms with Crippen LogP contribution in [0.5, 0.6) is 11.5 Å². The second-order valence-corrected chi connectivity index (χ2v) is 7.22. The number of aliphatic hydroxyl groups is 1. The normalized spacial score (nSPS) is 17.6. The fourth-order valence-corrected chi connectivity index (χ4v) is 4.28. The van der Waals surface area contributed by atoms with Crippen molar-refractivity contribution < 1.29 is 19.4 Å². The topological polar surface area (TPSA) is 59.0 Å². The summed E-state index contributed by atoms with van der Waals surface area (Å²) in [6, 6.07) is 5.85. The van der Waals surface area contributed by atoms with Crippen LogP contribution in [-0.2, 0) is 4.79 Å². The molecular formula is C16H23NO4S2. The van der Waals surface area contributed by atoms with Crippen molar-refractivity contribution >= 4 is 29.4 Å². The van der Waals surface area contributed by atoms with Gasteiger partial charge in [-0.3, -0.25) is 4.79 Å². The van der Waals surface area contributed by atoms with Crippen LogP contribution >= 0.6 is 23.5 Å². The van der Waals surface area contributed by atoms with E-state index in [4.69, 9.17) is 14.6 Å². The van der Waals surface area contributed by atoms with Crippen molar-refractivity contribution in [1.29, 1.82) is 0 Å². The number of benzene rings is 1. The molecule has 1 fully saturated rings. The van der Waals surface area contributed by atoms with E-state index in [0.717, 1.165) is 11.3 Å². The highest BCUT2D eigenvalue weighted by atomic mass is 32.2. The number of hydrogen-bond acceptors (Lipinski definition) is 6. The highest BCUT2D eigenvalue weighted by Crippen LogP contribution is 2.41. The lowest BCUT2D eigenvalue weighted by Gasteiger charge is -2.24. The van der Waals surface area contributed by atoms with Crippen LogP contribution in [-0.4, -0.2) is 60.0 Å². The number of rotatable bonds is 9. The molecule has 0 saturated carbocycles. The average Bonchev–Trinajstić information content (AvgIpc) is 2.93. The van der Waals surface area contributed by atoms with Crippen molar-refractivity contribution in [3.05, 3.63) is 23.8 Å². The first-order valence-electron chi connectivity index (χ1n) is 7.61. The molecule has 1 amide bonds. The minimum Gasteiger partial charge on any atom is -0.493 e. The van der Waals surface area contributed by atoms with Gasteiger partial charge in [-0.25, -0.2) is 0 Å². The van der Waals surface area contributed by atoms with Gasteiger partial charge in [0.25, 0.3) is 0 Å². The Balaban J connectivity index is 2.11. The van der Waals surface area contributed by atoms with Crippen LogP contribution in [0.3, 0.4) is 0 Å². The fourth-order valence-electron chi connectivity index (χ4n) is 2.42. The first-order valence-corrected chi connectivity index (χ1v) is 9.82. The Labute approximate surface area is 145 Å². The van der Waals surface area contributed by atoms with Crippen LogP contribution in [0.25, 0.3) is 0 Å².